The molecule has 1 aromatic carbocycles. The predicted octanol–water partition coefficient (Wildman–Crippen LogP) is 1.97. The van der Waals surface area contributed by atoms with Crippen molar-refractivity contribution in [3.63, 3.8) is 0 Å². The summed E-state index contributed by atoms with van der Waals surface area (Å²) in [6, 6.07) is 7.74. The van der Waals surface area contributed by atoms with Crippen molar-refractivity contribution in [3.05, 3.63) is 35.4 Å². The summed E-state index contributed by atoms with van der Waals surface area (Å²) in [5.41, 5.74) is 2.17. The number of aliphatic carboxylic acids is 1. The van der Waals surface area contributed by atoms with Gasteiger partial charge in [0, 0.05) is 0 Å². The number of carbonyl (C=O) groups is 1. The zero-order valence-electron chi connectivity index (χ0n) is 6.82. The van der Waals surface area contributed by atoms with Gasteiger partial charge in [-0.05, 0) is 17.0 Å². The number of carboxylic acids is 1. The van der Waals surface area contributed by atoms with Crippen molar-refractivity contribution in [1.82, 2.24) is 0 Å². The van der Waals surface area contributed by atoms with E-state index in [1.54, 1.807) is 0 Å². The standard InChI is InChI=1S/C10H10O2/c1-6-7-4-2-3-5-8(7)9(6)10(11)12/h2-6,9H,1H3,(H,11,12)/t6-,9-/m0/s1. The van der Waals surface area contributed by atoms with Crippen molar-refractivity contribution < 1.29 is 9.90 Å². The van der Waals surface area contributed by atoms with Crippen LogP contribution in [0.5, 0.6) is 0 Å². The Balaban J connectivity index is 2.43. The summed E-state index contributed by atoms with van der Waals surface area (Å²) in [6.45, 7) is 1.96. The average molecular weight is 162 g/mol. The van der Waals surface area contributed by atoms with Crippen LogP contribution in [0.4, 0.5) is 0 Å². The third kappa shape index (κ3) is 0.779. The molecule has 1 aliphatic carbocycles. The summed E-state index contributed by atoms with van der Waals surface area (Å²) in [5, 5.41) is 8.85. The summed E-state index contributed by atoms with van der Waals surface area (Å²) < 4.78 is 0. The van der Waals surface area contributed by atoms with Gasteiger partial charge in [0.25, 0.3) is 0 Å². The minimum atomic E-state index is -0.707. The molecule has 0 radical (unpaired) electrons. The molecular weight excluding hydrogens is 152 g/mol. The lowest BCUT2D eigenvalue weighted by molar-refractivity contribution is -0.140. The molecule has 2 atom stereocenters. The maximum atomic E-state index is 10.8. The second-order valence-electron chi connectivity index (χ2n) is 3.23. The molecule has 0 amide bonds. The van der Waals surface area contributed by atoms with Gasteiger partial charge in [-0.25, -0.2) is 0 Å². The number of benzene rings is 1. The van der Waals surface area contributed by atoms with Crippen LogP contribution in [0.25, 0.3) is 0 Å². The van der Waals surface area contributed by atoms with Crippen molar-refractivity contribution in [2.45, 2.75) is 18.8 Å². The van der Waals surface area contributed by atoms with E-state index in [4.69, 9.17) is 5.11 Å². The van der Waals surface area contributed by atoms with Crippen LogP contribution < -0.4 is 0 Å². The molecule has 0 saturated carbocycles. The Morgan fingerprint density at radius 2 is 1.92 bits per heavy atom. The number of carboxylic acid groups (broad SMARTS) is 1. The lowest BCUT2D eigenvalue weighted by Gasteiger charge is -2.34. The van der Waals surface area contributed by atoms with E-state index in [1.807, 2.05) is 31.2 Å². The first-order chi connectivity index (χ1) is 5.72. The molecule has 62 valence electrons. The number of hydrogen-bond donors (Lipinski definition) is 1. The molecule has 1 aromatic rings. The lowest BCUT2D eigenvalue weighted by Crippen LogP contribution is -2.28. The van der Waals surface area contributed by atoms with Gasteiger partial charge < -0.3 is 5.11 Å². The molecule has 2 rings (SSSR count). The normalized spacial score (nSPS) is 25.8. The highest BCUT2D eigenvalue weighted by Gasteiger charge is 2.38. The van der Waals surface area contributed by atoms with Gasteiger partial charge in [0.15, 0.2) is 0 Å². The fourth-order valence-corrected chi connectivity index (χ4v) is 1.91. The van der Waals surface area contributed by atoms with E-state index in [-0.39, 0.29) is 11.8 Å². The van der Waals surface area contributed by atoms with Crippen LogP contribution in [0.1, 0.15) is 29.9 Å². The highest BCUT2D eigenvalue weighted by molar-refractivity contribution is 5.81. The second-order valence-corrected chi connectivity index (χ2v) is 3.23. The Labute approximate surface area is 70.8 Å². The summed E-state index contributed by atoms with van der Waals surface area (Å²) >= 11 is 0. The van der Waals surface area contributed by atoms with E-state index in [2.05, 4.69) is 0 Å². The van der Waals surface area contributed by atoms with Crippen molar-refractivity contribution in [2.75, 3.05) is 0 Å². The molecular formula is C10H10O2. The highest BCUT2D eigenvalue weighted by Crippen LogP contribution is 2.45. The van der Waals surface area contributed by atoms with E-state index < -0.39 is 5.97 Å². The van der Waals surface area contributed by atoms with Crippen molar-refractivity contribution in [1.29, 1.82) is 0 Å². The fourth-order valence-electron chi connectivity index (χ4n) is 1.91. The van der Waals surface area contributed by atoms with Gasteiger partial charge in [0.2, 0.25) is 0 Å². The van der Waals surface area contributed by atoms with E-state index >= 15 is 0 Å². The predicted molar refractivity (Wildman–Crippen MR) is 45.2 cm³/mol. The van der Waals surface area contributed by atoms with Crippen LogP contribution >= 0.6 is 0 Å². The summed E-state index contributed by atoms with van der Waals surface area (Å²) in [7, 11) is 0. The minimum absolute atomic E-state index is 0.179. The highest BCUT2D eigenvalue weighted by atomic mass is 16.4. The Kier molecular flexibility index (Phi) is 1.43. The van der Waals surface area contributed by atoms with Crippen LogP contribution in [0.2, 0.25) is 0 Å². The molecule has 0 heterocycles. The number of rotatable bonds is 1. The van der Waals surface area contributed by atoms with Gasteiger partial charge in [-0.15, -0.1) is 0 Å². The van der Waals surface area contributed by atoms with E-state index in [0.29, 0.717) is 0 Å². The summed E-state index contributed by atoms with van der Waals surface area (Å²) in [4.78, 5) is 10.8. The SMILES string of the molecule is C[C@H]1c2ccccc2[C@H]1C(=O)O. The first-order valence-corrected chi connectivity index (χ1v) is 4.03. The monoisotopic (exact) mass is 162 g/mol. The molecule has 0 unspecified atom stereocenters. The molecule has 0 bridgehead atoms. The van der Waals surface area contributed by atoms with Gasteiger partial charge in [-0.3, -0.25) is 4.79 Å². The lowest BCUT2D eigenvalue weighted by atomic mass is 9.69. The van der Waals surface area contributed by atoms with E-state index in [1.165, 1.54) is 5.56 Å². The van der Waals surface area contributed by atoms with E-state index in [0.717, 1.165) is 5.56 Å². The summed E-state index contributed by atoms with van der Waals surface area (Å²) in [6.07, 6.45) is 0. The molecule has 1 N–H and O–H groups in total. The quantitative estimate of drug-likeness (QED) is 0.685. The number of hydrogen-bond acceptors (Lipinski definition) is 1. The van der Waals surface area contributed by atoms with Crippen LogP contribution in [0.3, 0.4) is 0 Å². The molecule has 0 spiro atoms. The fraction of sp³-hybridized carbons (Fsp3) is 0.300. The van der Waals surface area contributed by atoms with Gasteiger partial charge in [0.1, 0.15) is 0 Å². The molecule has 2 heteroatoms. The maximum Gasteiger partial charge on any atom is 0.311 e. The Hall–Kier alpha value is -1.31. The minimum Gasteiger partial charge on any atom is -0.481 e. The molecule has 2 nitrogen and oxygen atoms in total. The molecule has 12 heavy (non-hydrogen) atoms. The topological polar surface area (TPSA) is 37.3 Å². The van der Waals surface area contributed by atoms with Crippen molar-refractivity contribution >= 4 is 5.97 Å². The van der Waals surface area contributed by atoms with Gasteiger partial charge in [0.05, 0.1) is 5.92 Å². The molecule has 0 aliphatic heterocycles. The van der Waals surface area contributed by atoms with Gasteiger partial charge >= 0.3 is 5.97 Å². The maximum absolute atomic E-state index is 10.8. The zero-order chi connectivity index (χ0) is 8.72. The second kappa shape index (κ2) is 2.34. The molecule has 0 saturated heterocycles. The van der Waals surface area contributed by atoms with Gasteiger partial charge in [-0.2, -0.15) is 0 Å². The Morgan fingerprint density at radius 1 is 1.33 bits per heavy atom. The summed E-state index contributed by atoms with van der Waals surface area (Å²) in [5.74, 6) is -0.805. The number of fused-ring (bicyclic) bond motifs is 1. The smallest absolute Gasteiger partial charge is 0.311 e. The van der Waals surface area contributed by atoms with Crippen molar-refractivity contribution in [3.8, 4) is 0 Å². The Bertz CT molecular complexity index is 330. The molecule has 1 aliphatic rings. The molecule has 0 fully saturated rings. The third-order valence-electron chi connectivity index (χ3n) is 2.59. The zero-order valence-corrected chi connectivity index (χ0v) is 6.82. The van der Waals surface area contributed by atoms with Gasteiger partial charge in [-0.1, -0.05) is 31.2 Å². The van der Waals surface area contributed by atoms with E-state index in [9.17, 15) is 4.79 Å². The third-order valence-corrected chi connectivity index (χ3v) is 2.59. The van der Waals surface area contributed by atoms with Crippen LogP contribution in [-0.2, 0) is 4.79 Å². The largest absolute Gasteiger partial charge is 0.481 e. The first-order valence-electron chi connectivity index (χ1n) is 4.03. The molecule has 0 aromatic heterocycles. The van der Waals surface area contributed by atoms with Crippen molar-refractivity contribution in [2.24, 2.45) is 0 Å². The first kappa shape index (κ1) is 7.35. The van der Waals surface area contributed by atoms with Crippen LogP contribution in [-0.4, -0.2) is 11.1 Å². The van der Waals surface area contributed by atoms with Crippen LogP contribution in [0.15, 0.2) is 24.3 Å². The van der Waals surface area contributed by atoms with Crippen LogP contribution in [0, 0.1) is 0 Å². The Morgan fingerprint density at radius 3 is 2.50 bits per heavy atom. The average Bonchev–Trinajstić information content (AvgIpc) is 2.03.